The molecular formula is C11H7ClN4O2. The van der Waals surface area contributed by atoms with E-state index in [-0.39, 0.29) is 10.8 Å². The molecule has 90 valence electrons. The molecule has 1 aromatic heterocycles. The molecule has 1 aromatic carbocycles. The van der Waals surface area contributed by atoms with Crippen molar-refractivity contribution in [2.75, 3.05) is 7.11 Å². The van der Waals surface area contributed by atoms with E-state index in [0.29, 0.717) is 11.1 Å². The van der Waals surface area contributed by atoms with E-state index in [1.165, 1.54) is 7.11 Å². The van der Waals surface area contributed by atoms with Gasteiger partial charge >= 0.3 is 5.97 Å². The van der Waals surface area contributed by atoms with E-state index in [2.05, 4.69) is 19.7 Å². The van der Waals surface area contributed by atoms with Crippen LogP contribution >= 0.6 is 11.6 Å². The number of nitrogens with zero attached hydrogens (tertiary/aromatic N) is 4. The van der Waals surface area contributed by atoms with Gasteiger partial charge in [0.1, 0.15) is 5.82 Å². The zero-order valence-electron chi connectivity index (χ0n) is 9.29. The van der Waals surface area contributed by atoms with Gasteiger partial charge in [0.25, 0.3) is 0 Å². The second kappa shape index (κ2) is 4.91. The van der Waals surface area contributed by atoms with E-state index in [1.54, 1.807) is 24.3 Å². The molecule has 0 saturated heterocycles. The van der Waals surface area contributed by atoms with Gasteiger partial charge in [0.05, 0.1) is 23.2 Å². The number of halogens is 1. The van der Waals surface area contributed by atoms with Gasteiger partial charge in [0, 0.05) is 10.3 Å². The molecule has 18 heavy (non-hydrogen) atoms. The zero-order chi connectivity index (χ0) is 13.1. The van der Waals surface area contributed by atoms with Gasteiger partial charge in [-0.05, 0) is 28.8 Å². The zero-order valence-corrected chi connectivity index (χ0v) is 10.0. The average Bonchev–Trinajstić information content (AvgIpc) is 2.38. The second-order valence-electron chi connectivity index (χ2n) is 3.38. The number of fused-ring (bicyclic) bond motifs is 1. The number of hydrogen-bond acceptors (Lipinski definition) is 4. The molecule has 0 aliphatic rings. The van der Waals surface area contributed by atoms with Crippen LogP contribution < -0.4 is 0 Å². The monoisotopic (exact) mass is 262 g/mol. The average molecular weight is 263 g/mol. The van der Waals surface area contributed by atoms with Crippen LogP contribution in [0.5, 0.6) is 0 Å². The Hall–Kier alpha value is -2.30. The number of methoxy groups -OCH3 is 1. The van der Waals surface area contributed by atoms with Crippen molar-refractivity contribution in [3.05, 3.63) is 45.3 Å². The van der Waals surface area contributed by atoms with E-state index < -0.39 is 5.97 Å². The summed E-state index contributed by atoms with van der Waals surface area (Å²) in [4.78, 5) is 18.1. The fraction of sp³-hybridized carbons (Fsp3) is 0.0909. The molecule has 0 N–H and O–H groups in total. The maximum atomic E-state index is 11.4. The minimum absolute atomic E-state index is 0.0775. The van der Waals surface area contributed by atoms with Crippen molar-refractivity contribution in [1.29, 1.82) is 0 Å². The first kappa shape index (κ1) is 12.2. The van der Waals surface area contributed by atoms with E-state index in [4.69, 9.17) is 17.1 Å². The van der Waals surface area contributed by atoms with Crippen LogP contribution in [0.2, 0.25) is 5.02 Å². The van der Waals surface area contributed by atoms with E-state index in [1.807, 2.05) is 0 Å². The molecule has 0 unspecified atom stereocenters. The Kier molecular flexibility index (Phi) is 3.32. The first-order chi connectivity index (χ1) is 8.65. The Bertz CT molecular complexity index is 680. The Balaban J connectivity index is 2.64. The molecule has 6 nitrogen and oxygen atoms in total. The van der Waals surface area contributed by atoms with Crippen LogP contribution in [-0.2, 0) is 4.74 Å². The molecule has 0 saturated carbocycles. The van der Waals surface area contributed by atoms with Gasteiger partial charge in [0.15, 0.2) is 0 Å². The number of aromatic nitrogens is 1. The summed E-state index contributed by atoms with van der Waals surface area (Å²) in [7, 11) is 1.30. The fourth-order valence-corrected chi connectivity index (χ4v) is 1.69. The molecule has 2 rings (SSSR count). The van der Waals surface area contributed by atoms with Crippen molar-refractivity contribution in [1.82, 2.24) is 4.98 Å². The summed E-state index contributed by atoms with van der Waals surface area (Å²) in [6, 6.07) is 6.47. The van der Waals surface area contributed by atoms with E-state index >= 15 is 0 Å². The van der Waals surface area contributed by atoms with Gasteiger partial charge in [-0.3, -0.25) is 0 Å². The van der Waals surface area contributed by atoms with Gasteiger partial charge in [-0.25, -0.2) is 9.78 Å². The van der Waals surface area contributed by atoms with Crippen molar-refractivity contribution in [3.63, 3.8) is 0 Å². The third kappa shape index (κ3) is 2.20. The number of carbonyl (C=O) groups excluding carboxylic acids is 1. The molecule has 7 heteroatoms. The van der Waals surface area contributed by atoms with Crippen LogP contribution in [0.15, 0.2) is 29.4 Å². The summed E-state index contributed by atoms with van der Waals surface area (Å²) < 4.78 is 4.61. The summed E-state index contributed by atoms with van der Waals surface area (Å²) in [6.45, 7) is 0. The van der Waals surface area contributed by atoms with Crippen LogP contribution in [-0.4, -0.2) is 18.1 Å². The van der Waals surface area contributed by atoms with Gasteiger partial charge in [0.2, 0.25) is 0 Å². The summed E-state index contributed by atoms with van der Waals surface area (Å²) >= 11 is 5.89. The van der Waals surface area contributed by atoms with E-state index in [0.717, 1.165) is 5.39 Å². The van der Waals surface area contributed by atoms with Crippen LogP contribution in [0.4, 0.5) is 5.82 Å². The maximum Gasteiger partial charge on any atom is 0.337 e. The molecular weight excluding hydrogens is 256 g/mol. The fourth-order valence-electron chi connectivity index (χ4n) is 1.49. The number of carbonyl (C=O) groups is 1. The second-order valence-corrected chi connectivity index (χ2v) is 3.79. The predicted molar refractivity (Wildman–Crippen MR) is 66.9 cm³/mol. The number of benzene rings is 1. The summed E-state index contributed by atoms with van der Waals surface area (Å²) in [5.41, 5.74) is 9.25. The summed E-state index contributed by atoms with van der Waals surface area (Å²) in [5.74, 6) is -0.382. The molecule has 1 heterocycles. The topological polar surface area (TPSA) is 88.0 Å². The van der Waals surface area contributed by atoms with Crippen molar-refractivity contribution < 1.29 is 9.53 Å². The Labute approximate surface area is 107 Å². The maximum absolute atomic E-state index is 11.4. The van der Waals surface area contributed by atoms with Crippen molar-refractivity contribution in [2.45, 2.75) is 0 Å². The lowest BCUT2D eigenvalue weighted by Gasteiger charge is -2.03. The highest BCUT2D eigenvalue weighted by atomic mass is 35.5. The number of esters is 1. The number of azide groups is 1. The van der Waals surface area contributed by atoms with Crippen molar-refractivity contribution >= 4 is 34.3 Å². The lowest BCUT2D eigenvalue weighted by atomic mass is 10.1. The number of hydrogen-bond donors (Lipinski definition) is 0. The molecule has 0 bridgehead atoms. The number of pyridine rings is 1. The minimum Gasteiger partial charge on any atom is -0.465 e. The smallest absolute Gasteiger partial charge is 0.337 e. The largest absolute Gasteiger partial charge is 0.465 e. The Morgan fingerprint density at radius 1 is 1.50 bits per heavy atom. The van der Waals surface area contributed by atoms with Gasteiger partial charge in [-0.15, -0.1) is 0 Å². The Morgan fingerprint density at radius 3 is 2.94 bits per heavy atom. The van der Waals surface area contributed by atoms with Crippen molar-refractivity contribution in [3.8, 4) is 0 Å². The molecule has 0 fully saturated rings. The van der Waals surface area contributed by atoms with Crippen molar-refractivity contribution in [2.24, 2.45) is 5.11 Å². The highest BCUT2D eigenvalue weighted by Gasteiger charge is 2.08. The molecule has 0 aliphatic carbocycles. The standard InChI is InChI=1S/C11H7ClN4O2/c1-18-11(17)7-3-2-6-4-8(12)10(15-16-13)14-9(6)5-7/h2-5H,1H3. The van der Waals surface area contributed by atoms with Crippen LogP contribution in [0, 0.1) is 0 Å². The molecule has 0 aliphatic heterocycles. The molecule has 0 radical (unpaired) electrons. The van der Waals surface area contributed by atoms with Gasteiger partial charge in [-0.1, -0.05) is 17.7 Å². The molecule has 2 aromatic rings. The Morgan fingerprint density at radius 2 is 2.28 bits per heavy atom. The van der Waals surface area contributed by atoms with Gasteiger partial charge in [-0.2, -0.15) is 0 Å². The normalized spacial score (nSPS) is 9.89. The third-order valence-corrected chi connectivity index (χ3v) is 2.59. The third-order valence-electron chi connectivity index (χ3n) is 2.31. The first-order valence-electron chi connectivity index (χ1n) is 4.89. The highest BCUT2D eigenvalue weighted by Crippen LogP contribution is 2.27. The predicted octanol–water partition coefficient (Wildman–Crippen LogP) is 3.62. The van der Waals surface area contributed by atoms with E-state index in [9.17, 15) is 4.79 Å². The molecule has 0 amide bonds. The lowest BCUT2D eigenvalue weighted by Crippen LogP contribution is -2.00. The quantitative estimate of drug-likeness (QED) is 0.358. The molecule has 0 spiro atoms. The minimum atomic E-state index is -0.459. The highest BCUT2D eigenvalue weighted by molar-refractivity contribution is 6.33. The summed E-state index contributed by atoms with van der Waals surface area (Å²) in [6.07, 6.45) is 0. The summed E-state index contributed by atoms with van der Waals surface area (Å²) in [5, 5.41) is 4.37. The number of ether oxygens (including phenoxy) is 1. The van der Waals surface area contributed by atoms with Crippen LogP contribution in [0.25, 0.3) is 21.3 Å². The van der Waals surface area contributed by atoms with Crippen LogP contribution in [0.1, 0.15) is 10.4 Å². The number of rotatable bonds is 2. The SMILES string of the molecule is COC(=O)c1ccc2cc(Cl)c(N=[N+]=[N-])nc2c1. The first-order valence-corrected chi connectivity index (χ1v) is 5.27. The van der Waals surface area contributed by atoms with Crippen LogP contribution in [0.3, 0.4) is 0 Å². The molecule has 0 atom stereocenters. The lowest BCUT2D eigenvalue weighted by molar-refractivity contribution is 0.0601. The van der Waals surface area contributed by atoms with Gasteiger partial charge < -0.3 is 4.74 Å².